The van der Waals surface area contributed by atoms with Gasteiger partial charge in [-0.25, -0.2) is 4.79 Å². The van der Waals surface area contributed by atoms with Gasteiger partial charge in [0.25, 0.3) is 0 Å². The molecule has 3 nitrogen and oxygen atoms in total. The van der Waals surface area contributed by atoms with Gasteiger partial charge in [-0.05, 0) is 36.2 Å². The molecular formula is C16H13ClO3S. The number of carbonyl (C=O) groups is 1. The molecule has 0 aliphatic carbocycles. The predicted octanol–water partition coefficient (Wildman–Crippen LogP) is 4.13. The number of halogens is 1. The summed E-state index contributed by atoms with van der Waals surface area (Å²) >= 11 is 7.60. The first-order valence-corrected chi connectivity index (χ1v) is 7.79. The van der Waals surface area contributed by atoms with Gasteiger partial charge in [0.15, 0.2) is 0 Å². The van der Waals surface area contributed by atoms with Crippen molar-refractivity contribution in [2.45, 2.75) is 16.6 Å². The molecule has 1 aliphatic rings. The Morgan fingerprint density at radius 2 is 2.14 bits per heavy atom. The van der Waals surface area contributed by atoms with Gasteiger partial charge in [-0.3, -0.25) is 0 Å². The van der Waals surface area contributed by atoms with E-state index in [-0.39, 0.29) is 5.56 Å². The molecule has 0 saturated carbocycles. The highest BCUT2D eigenvalue weighted by atomic mass is 35.5. The maximum absolute atomic E-state index is 11.2. The van der Waals surface area contributed by atoms with Crippen LogP contribution in [0.15, 0.2) is 47.4 Å². The van der Waals surface area contributed by atoms with E-state index in [4.69, 9.17) is 16.3 Å². The van der Waals surface area contributed by atoms with Crippen LogP contribution in [0.1, 0.15) is 15.9 Å². The van der Waals surface area contributed by atoms with E-state index in [9.17, 15) is 9.90 Å². The van der Waals surface area contributed by atoms with Gasteiger partial charge in [-0.15, -0.1) is 11.8 Å². The average Bonchev–Trinajstić information content (AvgIpc) is 2.88. The van der Waals surface area contributed by atoms with E-state index in [1.165, 1.54) is 16.5 Å². The molecule has 1 atom stereocenters. The van der Waals surface area contributed by atoms with Crippen molar-refractivity contribution in [3.05, 3.63) is 58.6 Å². The molecule has 108 valence electrons. The lowest BCUT2D eigenvalue weighted by Gasteiger charge is -2.13. The highest BCUT2D eigenvalue weighted by Crippen LogP contribution is 2.37. The van der Waals surface area contributed by atoms with Crippen LogP contribution in [0.3, 0.4) is 0 Å². The van der Waals surface area contributed by atoms with Gasteiger partial charge in [0.05, 0.1) is 0 Å². The summed E-state index contributed by atoms with van der Waals surface area (Å²) in [7, 11) is 0. The van der Waals surface area contributed by atoms with Crippen LogP contribution < -0.4 is 4.74 Å². The minimum atomic E-state index is -1.03. The molecule has 0 saturated heterocycles. The number of rotatable bonds is 4. The van der Waals surface area contributed by atoms with Gasteiger partial charge in [0.1, 0.15) is 17.9 Å². The maximum atomic E-state index is 11.2. The second-order valence-electron chi connectivity index (χ2n) is 4.81. The molecule has 1 aliphatic heterocycles. The van der Waals surface area contributed by atoms with E-state index in [1.54, 1.807) is 23.9 Å². The molecule has 3 rings (SSSR count). The molecular weight excluding hydrogens is 308 g/mol. The summed E-state index contributed by atoms with van der Waals surface area (Å²) in [6.07, 6.45) is 0.941. The lowest BCUT2D eigenvalue weighted by Crippen LogP contribution is -2.15. The summed E-state index contributed by atoms with van der Waals surface area (Å²) < 4.78 is 5.71. The number of fused-ring (bicyclic) bond motifs is 1. The molecule has 2 aromatic rings. The average molecular weight is 321 g/mol. The zero-order chi connectivity index (χ0) is 14.8. The Hall–Kier alpha value is -1.65. The molecule has 0 amide bonds. The van der Waals surface area contributed by atoms with Crippen LogP contribution in [-0.4, -0.2) is 22.9 Å². The minimum Gasteiger partial charge on any atom is -0.492 e. The van der Waals surface area contributed by atoms with Crippen LogP contribution in [0.2, 0.25) is 5.02 Å². The zero-order valence-electron chi connectivity index (χ0n) is 11.1. The standard InChI is InChI=1S/C16H13ClO3S/c17-11-5-6-14(13(8-11)16(18)19)20-9-12-7-10-3-1-2-4-15(10)21-12/h1-6,8,12H,7,9H2,(H,18,19). The molecule has 2 aromatic carbocycles. The van der Waals surface area contributed by atoms with Crippen molar-refractivity contribution in [2.24, 2.45) is 0 Å². The molecule has 0 fully saturated rings. The summed E-state index contributed by atoms with van der Waals surface area (Å²) in [5.74, 6) is -0.668. The van der Waals surface area contributed by atoms with Gasteiger partial charge in [-0.1, -0.05) is 29.8 Å². The Kier molecular flexibility index (Phi) is 4.08. The Morgan fingerprint density at radius 1 is 1.33 bits per heavy atom. The van der Waals surface area contributed by atoms with Gasteiger partial charge in [0, 0.05) is 15.2 Å². The topological polar surface area (TPSA) is 46.5 Å². The molecule has 5 heteroatoms. The Labute approximate surface area is 131 Å². The largest absolute Gasteiger partial charge is 0.492 e. The fourth-order valence-corrected chi connectivity index (χ4v) is 3.71. The van der Waals surface area contributed by atoms with E-state index in [0.29, 0.717) is 22.6 Å². The molecule has 21 heavy (non-hydrogen) atoms. The molecule has 1 N–H and O–H groups in total. The third kappa shape index (κ3) is 3.17. The normalized spacial score (nSPS) is 16.5. The first-order valence-electron chi connectivity index (χ1n) is 6.53. The lowest BCUT2D eigenvalue weighted by atomic mass is 10.1. The molecule has 1 unspecified atom stereocenters. The van der Waals surface area contributed by atoms with Crippen molar-refractivity contribution in [1.29, 1.82) is 0 Å². The highest BCUT2D eigenvalue weighted by molar-refractivity contribution is 8.00. The number of carboxylic acids is 1. The van der Waals surface area contributed by atoms with Crippen LogP contribution in [0, 0.1) is 0 Å². The summed E-state index contributed by atoms with van der Waals surface area (Å²) in [5, 5.41) is 9.88. The third-order valence-electron chi connectivity index (χ3n) is 3.31. The minimum absolute atomic E-state index is 0.100. The zero-order valence-corrected chi connectivity index (χ0v) is 12.7. The first-order chi connectivity index (χ1) is 10.1. The van der Waals surface area contributed by atoms with Crippen LogP contribution in [0.25, 0.3) is 0 Å². The Bertz CT molecular complexity index is 662. The fraction of sp³-hybridized carbons (Fsp3) is 0.188. The second kappa shape index (κ2) is 6.00. The summed E-state index contributed by atoms with van der Waals surface area (Å²) in [6, 6.07) is 12.9. The number of hydrogen-bond acceptors (Lipinski definition) is 3. The molecule has 0 radical (unpaired) electrons. The maximum Gasteiger partial charge on any atom is 0.339 e. The number of benzene rings is 2. The van der Waals surface area contributed by atoms with E-state index in [0.717, 1.165) is 6.42 Å². The number of ether oxygens (including phenoxy) is 1. The third-order valence-corrected chi connectivity index (χ3v) is 4.83. The van der Waals surface area contributed by atoms with Crippen molar-refractivity contribution in [1.82, 2.24) is 0 Å². The molecule has 0 spiro atoms. The van der Waals surface area contributed by atoms with E-state index >= 15 is 0 Å². The second-order valence-corrected chi connectivity index (χ2v) is 6.59. The number of carboxylic acid groups (broad SMARTS) is 1. The van der Waals surface area contributed by atoms with Crippen LogP contribution in [0.4, 0.5) is 0 Å². The van der Waals surface area contributed by atoms with Crippen molar-refractivity contribution in [3.8, 4) is 5.75 Å². The van der Waals surface area contributed by atoms with Gasteiger partial charge < -0.3 is 9.84 Å². The quantitative estimate of drug-likeness (QED) is 0.920. The predicted molar refractivity (Wildman–Crippen MR) is 83.7 cm³/mol. The Balaban J connectivity index is 1.68. The van der Waals surface area contributed by atoms with Crippen molar-refractivity contribution in [3.63, 3.8) is 0 Å². The summed E-state index contributed by atoms with van der Waals surface area (Å²) in [4.78, 5) is 12.5. The van der Waals surface area contributed by atoms with Crippen molar-refractivity contribution >= 4 is 29.3 Å². The highest BCUT2D eigenvalue weighted by Gasteiger charge is 2.23. The number of thioether (sulfide) groups is 1. The SMILES string of the molecule is O=C(O)c1cc(Cl)ccc1OCC1Cc2ccccc2S1. The lowest BCUT2D eigenvalue weighted by molar-refractivity contribution is 0.0692. The van der Waals surface area contributed by atoms with E-state index < -0.39 is 5.97 Å². The number of aromatic carboxylic acids is 1. The van der Waals surface area contributed by atoms with Crippen LogP contribution in [0.5, 0.6) is 5.75 Å². The smallest absolute Gasteiger partial charge is 0.339 e. The fourth-order valence-electron chi connectivity index (χ4n) is 2.32. The Morgan fingerprint density at radius 3 is 2.90 bits per heavy atom. The van der Waals surface area contributed by atoms with E-state index in [1.807, 2.05) is 12.1 Å². The van der Waals surface area contributed by atoms with Gasteiger partial charge in [-0.2, -0.15) is 0 Å². The van der Waals surface area contributed by atoms with Crippen molar-refractivity contribution < 1.29 is 14.6 Å². The van der Waals surface area contributed by atoms with Gasteiger partial charge >= 0.3 is 5.97 Å². The summed E-state index contributed by atoms with van der Waals surface area (Å²) in [6.45, 7) is 0.473. The monoisotopic (exact) mass is 320 g/mol. The van der Waals surface area contributed by atoms with Crippen molar-refractivity contribution in [2.75, 3.05) is 6.61 Å². The molecule has 1 heterocycles. The van der Waals surface area contributed by atoms with Gasteiger partial charge in [0.2, 0.25) is 0 Å². The van der Waals surface area contributed by atoms with Crippen LogP contribution >= 0.6 is 23.4 Å². The first kappa shape index (κ1) is 14.3. The molecule has 0 bridgehead atoms. The van der Waals surface area contributed by atoms with Crippen LogP contribution in [-0.2, 0) is 6.42 Å². The number of hydrogen-bond donors (Lipinski definition) is 1. The molecule has 0 aromatic heterocycles. The van der Waals surface area contributed by atoms with E-state index in [2.05, 4.69) is 12.1 Å². The summed E-state index contributed by atoms with van der Waals surface area (Å²) in [5.41, 5.74) is 1.42.